The van der Waals surface area contributed by atoms with Gasteiger partial charge in [-0.15, -0.1) is 21.5 Å². The lowest BCUT2D eigenvalue weighted by Crippen LogP contribution is -2.20. The molecule has 8 heteroatoms. The van der Waals surface area contributed by atoms with Crippen LogP contribution in [0.15, 0.2) is 47.3 Å². The summed E-state index contributed by atoms with van der Waals surface area (Å²) in [5.41, 5.74) is 2.75. The van der Waals surface area contributed by atoms with Gasteiger partial charge in [-0.3, -0.25) is 13.8 Å². The van der Waals surface area contributed by atoms with Gasteiger partial charge >= 0.3 is 0 Å². The molecule has 0 spiro atoms. The Labute approximate surface area is 157 Å². The molecular weight excluding hydrogens is 360 g/mol. The van der Waals surface area contributed by atoms with Gasteiger partial charge < -0.3 is 5.32 Å². The first-order valence-electron chi connectivity index (χ1n) is 8.54. The van der Waals surface area contributed by atoms with Crippen molar-refractivity contribution in [2.75, 3.05) is 5.32 Å². The molecule has 0 saturated heterocycles. The van der Waals surface area contributed by atoms with Crippen LogP contribution in [0, 0.1) is 6.92 Å². The maximum absolute atomic E-state index is 12.5. The first-order valence-corrected chi connectivity index (χ1v) is 9.36. The van der Waals surface area contributed by atoms with E-state index in [9.17, 15) is 4.79 Å². The van der Waals surface area contributed by atoms with E-state index in [2.05, 4.69) is 26.6 Å². The molecule has 0 aliphatic rings. The molecule has 134 valence electrons. The van der Waals surface area contributed by atoms with E-state index < -0.39 is 0 Å². The molecule has 3 heterocycles. The molecule has 0 amide bonds. The minimum Gasteiger partial charge on any atom is -0.378 e. The molecule has 5 aromatic rings. The second-order valence-corrected chi connectivity index (χ2v) is 7.64. The number of nitrogens with one attached hydrogen (secondary N) is 1. The van der Waals surface area contributed by atoms with Crippen LogP contribution in [0.2, 0.25) is 0 Å². The molecule has 3 aromatic heterocycles. The van der Waals surface area contributed by atoms with Gasteiger partial charge in [0, 0.05) is 12.7 Å². The quantitative estimate of drug-likeness (QED) is 0.524. The molecule has 0 saturated carbocycles. The van der Waals surface area contributed by atoms with Crippen LogP contribution in [-0.4, -0.2) is 24.1 Å². The number of para-hydroxylation sites is 1. The van der Waals surface area contributed by atoms with Crippen LogP contribution in [0.25, 0.3) is 26.9 Å². The average molecular weight is 376 g/mol. The molecule has 0 unspecified atom stereocenters. The average Bonchev–Trinajstić information content (AvgIpc) is 3.26. The van der Waals surface area contributed by atoms with E-state index in [-0.39, 0.29) is 5.56 Å². The lowest BCUT2D eigenvalue weighted by atomic mass is 10.2. The number of anilines is 1. The van der Waals surface area contributed by atoms with E-state index in [0.717, 1.165) is 32.3 Å². The van der Waals surface area contributed by atoms with E-state index in [4.69, 9.17) is 0 Å². The number of benzene rings is 2. The molecule has 0 bridgehead atoms. The van der Waals surface area contributed by atoms with Gasteiger partial charge in [-0.1, -0.05) is 12.1 Å². The smallest absolute Gasteiger partial charge is 0.262 e. The SMILES string of the molecule is Cc1nc2ccc(NCc3nnc4n(C)c(=O)c5ccccc5n34)cc2s1. The second-order valence-electron chi connectivity index (χ2n) is 6.40. The maximum atomic E-state index is 12.5. The van der Waals surface area contributed by atoms with Crippen LogP contribution in [0.4, 0.5) is 5.69 Å². The molecule has 0 fully saturated rings. The molecule has 2 aromatic carbocycles. The van der Waals surface area contributed by atoms with Gasteiger partial charge in [0.15, 0.2) is 5.82 Å². The Kier molecular flexibility index (Phi) is 3.48. The Balaban J connectivity index is 1.57. The Hall–Kier alpha value is -3.26. The van der Waals surface area contributed by atoms with Crippen molar-refractivity contribution >= 4 is 43.9 Å². The van der Waals surface area contributed by atoms with Crippen LogP contribution in [-0.2, 0) is 13.6 Å². The van der Waals surface area contributed by atoms with Crippen molar-refractivity contribution in [3.05, 3.63) is 63.7 Å². The fourth-order valence-electron chi connectivity index (χ4n) is 3.34. The number of aryl methyl sites for hydroxylation is 2. The third-order valence-corrected chi connectivity index (χ3v) is 5.57. The highest BCUT2D eigenvalue weighted by molar-refractivity contribution is 7.18. The molecule has 7 nitrogen and oxygen atoms in total. The summed E-state index contributed by atoms with van der Waals surface area (Å²) in [6.07, 6.45) is 0. The van der Waals surface area contributed by atoms with Crippen LogP contribution in [0.5, 0.6) is 0 Å². The summed E-state index contributed by atoms with van der Waals surface area (Å²) >= 11 is 1.68. The summed E-state index contributed by atoms with van der Waals surface area (Å²) in [7, 11) is 1.72. The third-order valence-electron chi connectivity index (χ3n) is 4.64. The molecule has 0 aliphatic carbocycles. The summed E-state index contributed by atoms with van der Waals surface area (Å²) in [5, 5.41) is 13.6. The van der Waals surface area contributed by atoms with E-state index in [0.29, 0.717) is 17.7 Å². The van der Waals surface area contributed by atoms with Crippen molar-refractivity contribution in [1.82, 2.24) is 24.1 Å². The van der Waals surface area contributed by atoms with Gasteiger partial charge in [0.25, 0.3) is 5.56 Å². The number of nitrogens with zero attached hydrogens (tertiary/aromatic N) is 5. The minimum absolute atomic E-state index is 0.0731. The molecule has 0 radical (unpaired) electrons. The monoisotopic (exact) mass is 376 g/mol. The lowest BCUT2D eigenvalue weighted by Gasteiger charge is -2.09. The summed E-state index contributed by atoms with van der Waals surface area (Å²) in [5.74, 6) is 1.28. The van der Waals surface area contributed by atoms with E-state index >= 15 is 0 Å². The molecule has 0 atom stereocenters. The van der Waals surface area contributed by atoms with Crippen molar-refractivity contribution in [2.24, 2.45) is 7.05 Å². The summed E-state index contributed by atoms with van der Waals surface area (Å²) in [6.45, 7) is 2.50. The van der Waals surface area contributed by atoms with Crippen molar-refractivity contribution in [2.45, 2.75) is 13.5 Å². The fourth-order valence-corrected chi connectivity index (χ4v) is 4.20. The van der Waals surface area contributed by atoms with E-state index in [1.807, 2.05) is 47.7 Å². The van der Waals surface area contributed by atoms with E-state index in [1.54, 1.807) is 18.4 Å². The van der Waals surface area contributed by atoms with Gasteiger partial charge in [0.2, 0.25) is 5.78 Å². The standard InChI is InChI=1S/C19H16N6OS/c1-11-21-14-8-7-12(9-16(14)27-11)20-10-17-22-23-19-24(2)18(26)13-5-3-4-6-15(13)25(17)19/h3-9,20H,10H2,1-2H3. The first-order chi connectivity index (χ1) is 13.1. The predicted octanol–water partition coefficient (Wildman–Crippen LogP) is 3.11. The highest BCUT2D eigenvalue weighted by Crippen LogP contribution is 2.25. The molecular formula is C19H16N6OS. The Bertz CT molecular complexity index is 1380. The van der Waals surface area contributed by atoms with Crippen LogP contribution in [0.3, 0.4) is 0 Å². The van der Waals surface area contributed by atoms with Crippen molar-refractivity contribution < 1.29 is 0 Å². The molecule has 27 heavy (non-hydrogen) atoms. The van der Waals surface area contributed by atoms with Crippen molar-refractivity contribution in [1.29, 1.82) is 0 Å². The van der Waals surface area contributed by atoms with Gasteiger partial charge in [-0.05, 0) is 37.3 Å². The fraction of sp³-hybridized carbons (Fsp3) is 0.158. The second kappa shape index (κ2) is 5.88. The number of rotatable bonds is 3. The number of aromatic nitrogens is 5. The summed E-state index contributed by atoms with van der Waals surface area (Å²) in [6, 6.07) is 13.7. The normalized spacial score (nSPS) is 11.6. The molecule has 0 aliphatic heterocycles. The number of hydrogen-bond donors (Lipinski definition) is 1. The third kappa shape index (κ3) is 2.48. The lowest BCUT2D eigenvalue weighted by molar-refractivity contribution is 0.855. The first kappa shape index (κ1) is 16.0. The molecule has 5 rings (SSSR count). The number of hydrogen-bond acceptors (Lipinski definition) is 6. The minimum atomic E-state index is -0.0731. The zero-order valence-electron chi connectivity index (χ0n) is 14.8. The van der Waals surface area contributed by atoms with Gasteiger partial charge in [0.05, 0.1) is 32.7 Å². The largest absolute Gasteiger partial charge is 0.378 e. The number of fused-ring (bicyclic) bond motifs is 4. The van der Waals surface area contributed by atoms with Crippen molar-refractivity contribution in [3.8, 4) is 0 Å². The summed E-state index contributed by atoms with van der Waals surface area (Å²) in [4.78, 5) is 17.0. The zero-order valence-corrected chi connectivity index (χ0v) is 15.6. The highest BCUT2D eigenvalue weighted by Gasteiger charge is 2.14. The topological polar surface area (TPSA) is 77.1 Å². The van der Waals surface area contributed by atoms with Crippen molar-refractivity contribution in [3.63, 3.8) is 0 Å². The Morgan fingerprint density at radius 2 is 2.00 bits per heavy atom. The van der Waals surface area contributed by atoms with Gasteiger partial charge in [0.1, 0.15) is 0 Å². The maximum Gasteiger partial charge on any atom is 0.262 e. The van der Waals surface area contributed by atoms with Crippen LogP contribution >= 0.6 is 11.3 Å². The number of thiazole rings is 1. The summed E-state index contributed by atoms with van der Waals surface area (Å²) < 4.78 is 4.61. The predicted molar refractivity (Wildman–Crippen MR) is 107 cm³/mol. The Morgan fingerprint density at radius 1 is 1.15 bits per heavy atom. The van der Waals surface area contributed by atoms with Gasteiger partial charge in [-0.2, -0.15) is 0 Å². The van der Waals surface area contributed by atoms with Gasteiger partial charge in [-0.25, -0.2) is 4.98 Å². The highest BCUT2D eigenvalue weighted by atomic mass is 32.1. The molecule has 1 N–H and O–H groups in total. The zero-order chi connectivity index (χ0) is 18.5. The van der Waals surface area contributed by atoms with Crippen LogP contribution in [0.1, 0.15) is 10.8 Å². The van der Waals surface area contributed by atoms with Crippen LogP contribution < -0.4 is 10.9 Å². The van der Waals surface area contributed by atoms with E-state index in [1.165, 1.54) is 4.57 Å². The Morgan fingerprint density at radius 3 is 2.89 bits per heavy atom.